The monoisotopic (exact) mass is 412 g/mol. The number of aromatic nitrogens is 1. The smallest absolute Gasteiger partial charge is 0.273 e. The molecule has 1 fully saturated rings. The summed E-state index contributed by atoms with van der Waals surface area (Å²) in [5, 5.41) is 5.35. The van der Waals surface area contributed by atoms with Crippen molar-refractivity contribution >= 4 is 35.6 Å². The molecule has 9 heteroatoms. The summed E-state index contributed by atoms with van der Waals surface area (Å²) < 4.78 is 5.58. The highest BCUT2D eigenvalue weighted by molar-refractivity contribution is 7.13. The average molecular weight is 413 g/mol. The van der Waals surface area contributed by atoms with E-state index in [-0.39, 0.29) is 30.3 Å². The molecule has 0 saturated carbocycles. The van der Waals surface area contributed by atoms with Crippen molar-refractivity contribution in [3.05, 3.63) is 29.0 Å². The van der Waals surface area contributed by atoms with E-state index >= 15 is 0 Å². The van der Waals surface area contributed by atoms with Crippen LogP contribution in [0.15, 0.2) is 21.9 Å². The maximum Gasteiger partial charge on any atom is 0.273 e. The number of aryl methyl sites for hydroxylation is 1. The Morgan fingerprint density at radius 3 is 2.93 bits per heavy atom. The van der Waals surface area contributed by atoms with Crippen LogP contribution in [0.25, 0.3) is 10.8 Å². The van der Waals surface area contributed by atoms with Crippen LogP contribution in [0, 0.1) is 6.92 Å². The summed E-state index contributed by atoms with van der Waals surface area (Å²) in [6.45, 7) is 3.34. The first-order chi connectivity index (χ1) is 12.6. The lowest BCUT2D eigenvalue weighted by Gasteiger charge is -2.35. The molecule has 7 nitrogen and oxygen atoms in total. The van der Waals surface area contributed by atoms with Crippen molar-refractivity contribution in [1.82, 2.24) is 15.2 Å². The number of nitrogens with two attached hydrogens (primary N) is 1. The number of piperidine rings is 1. The molecule has 0 aromatic carbocycles. The molecule has 3 rings (SSSR count). The first kappa shape index (κ1) is 21.4. The summed E-state index contributed by atoms with van der Waals surface area (Å²) >= 11 is 1.40. The molecule has 2 amide bonds. The van der Waals surface area contributed by atoms with E-state index in [0.29, 0.717) is 42.5 Å². The van der Waals surface area contributed by atoms with E-state index in [4.69, 9.17) is 10.2 Å². The van der Waals surface area contributed by atoms with Crippen molar-refractivity contribution in [2.45, 2.75) is 38.6 Å². The van der Waals surface area contributed by atoms with Gasteiger partial charge < -0.3 is 20.4 Å². The van der Waals surface area contributed by atoms with E-state index in [1.807, 2.05) is 24.0 Å². The highest BCUT2D eigenvalue weighted by atomic mass is 35.5. The summed E-state index contributed by atoms with van der Waals surface area (Å²) in [7, 11) is 0. The van der Waals surface area contributed by atoms with Gasteiger partial charge in [-0.25, -0.2) is 4.98 Å². The summed E-state index contributed by atoms with van der Waals surface area (Å²) in [5.74, 6) is 1.33. The van der Waals surface area contributed by atoms with Gasteiger partial charge in [0.2, 0.25) is 5.91 Å². The van der Waals surface area contributed by atoms with Gasteiger partial charge in [-0.05, 0) is 38.3 Å². The molecule has 0 radical (unpaired) electrons. The minimum atomic E-state index is -0.0893. The number of rotatable bonds is 6. The number of thiazole rings is 1. The third kappa shape index (κ3) is 5.31. The SMILES string of the molecule is Cc1ccc(-c2nc(C(=O)N3CCCCC3CNC(=O)CCN)cs2)o1.Cl. The van der Waals surface area contributed by atoms with Gasteiger partial charge in [-0.1, -0.05) is 0 Å². The third-order valence-corrected chi connectivity index (χ3v) is 5.33. The maximum atomic E-state index is 12.9. The van der Waals surface area contributed by atoms with Crippen LogP contribution >= 0.6 is 23.7 Å². The van der Waals surface area contributed by atoms with E-state index in [1.54, 1.807) is 5.38 Å². The van der Waals surface area contributed by atoms with Crippen LogP contribution < -0.4 is 11.1 Å². The lowest BCUT2D eigenvalue weighted by Crippen LogP contribution is -2.49. The number of nitrogens with one attached hydrogen (secondary N) is 1. The fraction of sp³-hybridized carbons (Fsp3) is 0.500. The van der Waals surface area contributed by atoms with Gasteiger partial charge >= 0.3 is 0 Å². The Bertz CT molecular complexity index is 776. The second kappa shape index (κ2) is 9.87. The van der Waals surface area contributed by atoms with Gasteiger partial charge in [-0.15, -0.1) is 23.7 Å². The fourth-order valence-electron chi connectivity index (χ4n) is 3.11. The molecule has 3 heterocycles. The van der Waals surface area contributed by atoms with Gasteiger partial charge in [0.15, 0.2) is 10.8 Å². The third-order valence-electron chi connectivity index (χ3n) is 4.47. The van der Waals surface area contributed by atoms with Crippen molar-refractivity contribution in [2.75, 3.05) is 19.6 Å². The number of carbonyl (C=O) groups is 2. The molecule has 1 saturated heterocycles. The average Bonchev–Trinajstić information content (AvgIpc) is 3.29. The zero-order valence-electron chi connectivity index (χ0n) is 15.3. The number of hydrogen-bond donors (Lipinski definition) is 2. The van der Waals surface area contributed by atoms with E-state index in [0.717, 1.165) is 25.0 Å². The molecule has 0 bridgehead atoms. The largest absolute Gasteiger partial charge is 0.459 e. The van der Waals surface area contributed by atoms with Gasteiger partial charge in [0, 0.05) is 37.5 Å². The second-order valence-corrected chi connectivity index (χ2v) is 7.30. The van der Waals surface area contributed by atoms with E-state index < -0.39 is 0 Å². The van der Waals surface area contributed by atoms with Gasteiger partial charge in [0.25, 0.3) is 5.91 Å². The Morgan fingerprint density at radius 2 is 2.22 bits per heavy atom. The number of hydrogen-bond acceptors (Lipinski definition) is 6. The van der Waals surface area contributed by atoms with Gasteiger partial charge in [0.1, 0.15) is 11.5 Å². The number of nitrogens with zero attached hydrogens (tertiary/aromatic N) is 2. The van der Waals surface area contributed by atoms with Crippen LogP contribution in [0.4, 0.5) is 0 Å². The van der Waals surface area contributed by atoms with Gasteiger partial charge in [-0.2, -0.15) is 0 Å². The highest BCUT2D eigenvalue weighted by Crippen LogP contribution is 2.27. The molecule has 1 atom stereocenters. The Balaban J connectivity index is 0.00000261. The Kier molecular flexibility index (Phi) is 7.82. The van der Waals surface area contributed by atoms with Crippen molar-refractivity contribution in [3.63, 3.8) is 0 Å². The quantitative estimate of drug-likeness (QED) is 0.759. The Labute approximate surface area is 168 Å². The highest BCUT2D eigenvalue weighted by Gasteiger charge is 2.29. The lowest BCUT2D eigenvalue weighted by atomic mass is 10.0. The second-order valence-electron chi connectivity index (χ2n) is 6.44. The van der Waals surface area contributed by atoms with E-state index in [1.165, 1.54) is 11.3 Å². The van der Waals surface area contributed by atoms with Crippen LogP contribution in [-0.4, -0.2) is 47.4 Å². The molecular formula is C18H25ClN4O3S. The fourth-order valence-corrected chi connectivity index (χ4v) is 3.87. The van der Waals surface area contributed by atoms with Crippen LogP contribution in [0.1, 0.15) is 41.9 Å². The molecule has 148 valence electrons. The summed E-state index contributed by atoms with van der Waals surface area (Å²) in [4.78, 5) is 30.9. The van der Waals surface area contributed by atoms with E-state index in [9.17, 15) is 9.59 Å². The predicted octanol–water partition coefficient (Wildman–Crippen LogP) is 2.59. The molecule has 2 aromatic heterocycles. The van der Waals surface area contributed by atoms with Crippen LogP contribution in [0.3, 0.4) is 0 Å². The summed E-state index contributed by atoms with van der Waals surface area (Å²) in [6, 6.07) is 3.73. The zero-order chi connectivity index (χ0) is 18.5. The first-order valence-electron chi connectivity index (χ1n) is 8.88. The predicted molar refractivity (Wildman–Crippen MR) is 107 cm³/mol. The molecule has 2 aromatic rings. The summed E-state index contributed by atoms with van der Waals surface area (Å²) in [6.07, 6.45) is 3.20. The molecule has 1 unspecified atom stereocenters. The van der Waals surface area contributed by atoms with Crippen LogP contribution in [0.5, 0.6) is 0 Å². The number of carbonyl (C=O) groups excluding carboxylic acids is 2. The maximum absolute atomic E-state index is 12.9. The van der Waals surface area contributed by atoms with Crippen molar-refractivity contribution < 1.29 is 14.0 Å². The molecule has 0 spiro atoms. The van der Waals surface area contributed by atoms with Gasteiger partial charge in [0.05, 0.1) is 0 Å². The zero-order valence-corrected chi connectivity index (χ0v) is 16.9. The van der Waals surface area contributed by atoms with Crippen LogP contribution in [-0.2, 0) is 4.79 Å². The Hall–Kier alpha value is -1.90. The molecule has 1 aliphatic heterocycles. The standard InChI is InChI=1S/C18H24N4O3S.ClH/c1-12-5-6-15(25-12)17-21-14(11-26-17)18(24)22-9-3-2-4-13(22)10-20-16(23)7-8-19;/h5-6,11,13H,2-4,7-10,19H2,1H3,(H,20,23);1H. The van der Waals surface area contributed by atoms with Crippen molar-refractivity contribution in [2.24, 2.45) is 5.73 Å². The first-order valence-corrected chi connectivity index (χ1v) is 9.76. The molecule has 3 N–H and O–H groups in total. The summed E-state index contributed by atoms with van der Waals surface area (Å²) in [5.41, 5.74) is 5.83. The topological polar surface area (TPSA) is 101 Å². The number of furan rings is 1. The minimum absolute atomic E-state index is 0. The molecule has 27 heavy (non-hydrogen) atoms. The number of likely N-dealkylation sites (tertiary alicyclic amines) is 1. The van der Waals surface area contributed by atoms with Crippen LogP contribution in [0.2, 0.25) is 0 Å². The van der Waals surface area contributed by atoms with E-state index in [2.05, 4.69) is 10.3 Å². The Morgan fingerprint density at radius 1 is 1.41 bits per heavy atom. The lowest BCUT2D eigenvalue weighted by molar-refractivity contribution is -0.121. The number of halogens is 1. The normalized spacial score (nSPS) is 16.7. The van der Waals surface area contributed by atoms with Crippen molar-refractivity contribution in [1.29, 1.82) is 0 Å². The minimum Gasteiger partial charge on any atom is -0.459 e. The number of amides is 2. The van der Waals surface area contributed by atoms with Gasteiger partial charge in [-0.3, -0.25) is 9.59 Å². The molecular weight excluding hydrogens is 388 g/mol. The van der Waals surface area contributed by atoms with Crippen molar-refractivity contribution in [3.8, 4) is 10.8 Å². The molecule has 1 aliphatic rings. The molecule has 0 aliphatic carbocycles.